The van der Waals surface area contributed by atoms with Crippen molar-refractivity contribution >= 4 is 43.2 Å². The van der Waals surface area contributed by atoms with E-state index in [1.807, 2.05) is 32.9 Å². The van der Waals surface area contributed by atoms with Crippen LogP contribution in [0.1, 0.15) is 33.2 Å². The summed E-state index contributed by atoms with van der Waals surface area (Å²) in [6.07, 6.45) is -0.549. The van der Waals surface area contributed by atoms with Crippen molar-refractivity contribution in [3.63, 3.8) is 0 Å². The number of aryl methyl sites for hydroxylation is 3. The first-order valence-electron chi connectivity index (χ1n) is 5.60. The predicted octanol–water partition coefficient (Wildman–Crippen LogP) is 5.28. The van der Waals surface area contributed by atoms with Gasteiger partial charge in [-0.1, -0.05) is 22.0 Å². The van der Waals surface area contributed by atoms with Gasteiger partial charge >= 0.3 is 0 Å². The molecule has 0 saturated carbocycles. The Morgan fingerprint density at radius 3 is 2.22 bits per heavy atom. The van der Waals surface area contributed by atoms with E-state index in [4.69, 9.17) is 0 Å². The smallest absolute Gasteiger partial charge is 0.113 e. The van der Waals surface area contributed by atoms with Crippen molar-refractivity contribution in [3.8, 4) is 0 Å². The van der Waals surface area contributed by atoms with Crippen molar-refractivity contribution in [2.24, 2.45) is 0 Å². The van der Waals surface area contributed by atoms with E-state index in [2.05, 4.69) is 37.9 Å². The van der Waals surface area contributed by atoms with Gasteiger partial charge < -0.3 is 5.11 Å². The lowest BCUT2D eigenvalue weighted by atomic mass is 10.00. The van der Waals surface area contributed by atoms with E-state index in [1.165, 1.54) is 5.56 Å². The second-order valence-electron chi connectivity index (χ2n) is 4.47. The summed E-state index contributed by atoms with van der Waals surface area (Å²) in [5.41, 5.74) is 4.38. The van der Waals surface area contributed by atoms with Crippen LogP contribution in [-0.2, 0) is 0 Å². The molecule has 1 nitrogen and oxygen atoms in total. The lowest BCUT2D eigenvalue weighted by Gasteiger charge is -2.14. The lowest BCUT2D eigenvalue weighted by molar-refractivity contribution is 0.223. The molecular formula is C14H14Br2OS. The number of aliphatic hydroxyl groups excluding tert-OH is 1. The van der Waals surface area contributed by atoms with Crippen LogP contribution in [-0.4, -0.2) is 5.11 Å². The van der Waals surface area contributed by atoms with Crippen molar-refractivity contribution in [1.82, 2.24) is 0 Å². The zero-order valence-corrected chi connectivity index (χ0v) is 14.4. The average molecular weight is 390 g/mol. The normalized spacial score (nSPS) is 12.8. The molecule has 0 fully saturated rings. The SMILES string of the molecule is Cc1cc(C(O)c2cc(C)c(Br)s2)c(C)cc1Br. The Hall–Kier alpha value is -0.160. The zero-order chi connectivity index (χ0) is 13.4. The standard InChI is InChI=1S/C14H14Br2OS/c1-7-5-11(15)8(2)4-10(7)13(17)12-6-9(3)14(16)18-12/h4-6,13,17H,1-3H3. The van der Waals surface area contributed by atoms with E-state index in [9.17, 15) is 5.11 Å². The highest BCUT2D eigenvalue weighted by Crippen LogP contribution is 2.36. The minimum atomic E-state index is -0.549. The zero-order valence-electron chi connectivity index (χ0n) is 10.4. The summed E-state index contributed by atoms with van der Waals surface area (Å²) in [4.78, 5) is 0.976. The fourth-order valence-electron chi connectivity index (χ4n) is 1.87. The topological polar surface area (TPSA) is 20.2 Å². The van der Waals surface area contributed by atoms with Crippen LogP contribution in [0.5, 0.6) is 0 Å². The molecule has 0 radical (unpaired) electrons. The quantitative estimate of drug-likeness (QED) is 0.740. The second-order valence-corrected chi connectivity index (χ2v) is 7.72. The van der Waals surface area contributed by atoms with Gasteiger partial charge in [0.2, 0.25) is 0 Å². The van der Waals surface area contributed by atoms with Crippen LogP contribution in [0, 0.1) is 20.8 Å². The number of hydrogen-bond donors (Lipinski definition) is 1. The van der Waals surface area contributed by atoms with Gasteiger partial charge in [0, 0.05) is 9.35 Å². The molecule has 1 unspecified atom stereocenters. The first-order chi connectivity index (χ1) is 8.40. The fraction of sp³-hybridized carbons (Fsp3) is 0.286. The maximum Gasteiger partial charge on any atom is 0.113 e. The molecule has 2 aromatic rings. The lowest BCUT2D eigenvalue weighted by Crippen LogP contribution is -2.01. The summed E-state index contributed by atoms with van der Waals surface area (Å²) in [6.45, 7) is 6.10. The Morgan fingerprint density at radius 1 is 1.00 bits per heavy atom. The molecule has 0 spiro atoms. The highest BCUT2D eigenvalue weighted by Gasteiger charge is 2.17. The first-order valence-corrected chi connectivity index (χ1v) is 8.01. The van der Waals surface area contributed by atoms with Gasteiger partial charge in [0.1, 0.15) is 6.10 Å². The minimum Gasteiger partial charge on any atom is -0.383 e. The molecule has 4 heteroatoms. The predicted molar refractivity (Wildman–Crippen MR) is 84.4 cm³/mol. The third-order valence-electron chi connectivity index (χ3n) is 2.99. The van der Waals surface area contributed by atoms with Gasteiger partial charge in [0.05, 0.1) is 3.79 Å². The van der Waals surface area contributed by atoms with Crippen LogP contribution in [0.25, 0.3) is 0 Å². The maximum absolute atomic E-state index is 10.5. The monoisotopic (exact) mass is 388 g/mol. The Balaban J connectivity index is 2.45. The van der Waals surface area contributed by atoms with Crippen molar-refractivity contribution in [1.29, 1.82) is 0 Å². The molecule has 0 saturated heterocycles. The summed E-state index contributed by atoms with van der Waals surface area (Å²) in [7, 11) is 0. The molecule has 1 atom stereocenters. The van der Waals surface area contributed by atoms with Crippen molar-refractivity contribution < 1.29 is 5.11 Å². The number of rotatable bonds is 2. The van der Waals surface area contributed by atoms with E-state index in [-0.39, 0.29) is 0 Å². The molecule has 1 aromatic carbocycles. The van der Waals surface area contributed by atoms with Gasteiger partial charge in [0.15, 0.2) is 0 Å². The molecule has 96 valence electrons. The minimum absolute atomic E-state index is 0.549. The molecule has 0 amide bonds. The van der Waals surface area contributed by atoms with Gasteiger partial charge in [-0.15, -0.1) is 11.3 Å². The van der Waals surface area contributed by atoms with Gasteiger partial charge in [-0.2, -0.15) is 0 Å². The van der Waals surface area contributed by atoms with Gasteiger partial charge in [-0.25, -0.2) is 0 Å². The summed E-state index contributed by atoms with van der Waals surface area (Å²) >= 11 is 8.61. The van der Waals surface area contributed by atoms with Crippen LogP contribution >= 0.6 is 43.2 Å². The van der Waals surface area contributed by atoms with E-state index in [0.29, 0.717) is 0 Å². The number of aliphatic hydroxyl groups is 1. The molecule has 0 aliphatic heterocycles. The molecule has 2 rings (SSSR count). The highest BCUT2D eigenvalue weighted by molar-refractivity contribution is 9.11. The van der Waals surface area contributed by atoms with E-state index < -0.39 is 6.10 Å². The average Bonchev–Trinajstić information content (AvgIpc) is 2.63. The molecular weight excluding hydrogens is 376 g/mol. The van der Waals surface area contributed by atoms with E-state index in [0.717, 1.165) is 29.8 Å². The van der Waals surface area contributed by atoms with Crippen LogP contribution < -0.4 is 0 Å². The molecule has 1 N–H and O–H groups in total. The van der Waals surface area contributed by atoms with E-state index >= 15 is 0 Å². The van der Waals surface area contributed by atoms with Crippen molar-refractivity contribution in [2.75, 3.05) is 0 Å². The summed E-state index contributed by atoms with van der Waals surface area (Å²) in [5, 5.41) is 10.5. The third kappa shape index (κ3) is 2.72. The highest BCUT2D eigenvalue weighted by atomic mass is 79.9. The van der Waals surface area contributed by atoms with Crippen LogP contribution in [0.4, 0.5) is 0 Å². The van der Waals surface area contributed by atoms with Crippen LogP contribution in [0.3, 0.4) is 0 Å². The molecule has 0 bridgehead atoms. The summed E-state index contributed by atoms with van der Waals surface area (Å²) < 4.78 is 2.17. The Morgan fingerprint density at radius 2 is 1.67 bits per heavy atom. The Bertz CT molecular complexity index is 570. The summed E-state index contributed by atoms with van der Waals surface area (Å²) in [5.74, 6) is 0. The molecule has 1 heterocycles. The second kappa shape index (κ2) is 5.45. The summed E-state index contributed by atoms with van der Waals surface area (Å²) in [6, 6.07) is 6.15. The van der Waals surface area contributed by atoms with Crippen molar-refractivity contribution in [2.45, 2.75) is 26.9 Å². The van der Waals surface area contributed by atoms with Gasteiger partial charge in [0.25, 0.3) is 0 Å². The maximum atomic E-state index is 10.5. The first kappa shape index (κ1) is 14.3. The number of thiophene rings is 1. The molecule has 0 aliphatic carbocycles. The number of hydrogen-bond acceptors (Lipinski definition) is 2. The van der Waals surface area contributed by atoms with E-state index in [1.54, 1.807) is 11.3 Å². The number of halogens is 2. The molecule has 0 aliphatic rings. The van der Waals surface area contributed by atoms with Crippen LogP contribution in [0.15, 0.2) is 26.5 Å². The largest absolute Gasteiger partial charge is 0.383 e. The fourth-order valence-corrected chi connectivity index (χ4v) is 3.90. The van der Waals surface area contributed by atoms with Gasteiger partial charge in [-0.3, -0.25) is 0 Å². The molecule has 18 heavy (non-hydrogen) atoms. The van der Waals surface area contributed by atoms with Gasteiger partial charge in [-0.05, 0) is 71.1 Å². The molecule has 1 aromatic heterocycles. The number of benzene rings is 1. The Labute approximate surface area is 128 Å². The van der Waals surface area contributed by atoms with Crippen LogP contribution in [0.2, 0.25) is 0 Å². The Kier molecular flexibility index (Phi) is 4.32. The van der Waals surface area contributed by atoms with Crippen molar-refractivity contribution in [3.05, 3.63) is 53.6 Å². The third-order valence-corrected chi connectivity index (χ3v) is 6.03.